The van der Waals surface area contributed by atoms with Crippen molar-refractivity contribution in [3.63, 3.8) is 0 Å². The van der Waals surface area contributed by atoms with Crippen molar-refractivity contribution in [1.29, 1.82) is 0 Å². The molecule has 1 N–H and O–H groups in total. The summed E-state index contributed by atoms with van der Waals surface area (Å²) in [5.74, 6) is -1.86. The summed E-state index contributed by atoms with van der Waals surface area (Å²) in [6, 6.07) is 10.9. The Morgan fingerprint density at radius 1 is 1.14 bits per heavy atom. The van der Waals surface area contributed by atoms with Gasteiger partial charge in [-0.25, -0.2) is 8.78 Å². The molecule has 140 valence electrons. The molecule has 5 rings (SSSR count). The van der Waals surface area contributed by atoms with E-state index in [2.05, 4.69) is 20.3 Å². The summed E-state index contributed by atoms with van der Waals surface area (Å²) in [5.41, 5.74) is 1.68. The first kappa shape index (κ1) is 16.5. The Morgan fingerprint density at radius 3 is 2.86 bits per heavy atom. The lowest BCUT2D eigenvalue weighted by Gasteiger charge is -2.16. The number of para-hydroxylation sites is 1. The van der Waals surface area contributed by atoms with Gasteiger partial charge in [0.15, 0.2) is 23.2 Å². The Balaban J connectivity index is 1.42. The van der Waals surface area contributed by atoms with E-state index in [1.807, 2.05) is 24.3 Å². The van der Waals surface area contributed by atoms with Crippen molar-refractivity contribution < 1.29 is 18.1 Å². The van der Waals surface area contributed by atoms with Crippen molar-refractivity contribution >= 4 is 22.5 Å². The summed E-state index contributed by atoms with van der Waals surface area (Å²) in [6.45, 7) is 0.254. The number of H-pyrrole nitrogens is 1. The quantitative estimate of drug-likeness (QED) is 0.588. The summed E-state index contributed by atoms with van der Waals surface area (Å²) in [4.78, 5) is 18.2. The van der Waals surface area contributed by atoms with Crippen LogP contribution in [0.5, 0.6) is 0 Å². The minimum atomic E-state index is -0.999. The Kier molecular flexibility index (Phi) is 3.68. The molecular weight excluding hydrogens is 368 g/mol. The third kappa shape index (κ3) is 2.63. The van der Waals surface area contributed by atoms with Gasteiger partial charge in [-0.3, -0.25) is 9.89 Å². The maximum Gasteiger partial charge on any atom is 0.279 e. The van der Waals surface area contributed by atoms with Gasteiger partial charge in [0, 0.05) is 36.0 Å². The van der Waals surface area contributed by atoms with Crippen LogP contribution in [0.3, 0.4) is 0 Å². The van der Waals surface area contributed by atoms with Gasteiger partial charge in [0.1, 0.15) is 0 Å². The average Bonchev–Trinajstić information content (AvgIpc) is 3.41. The smallest absolute Gasteiger partial charge is 0.279 e. The molecule has 1 aliphatic heterocycles. The Bertz CT molecular complexity index is 1200. The summed E-state index contributed by atoms with van der Waals surface area (Å²) < 4.78 is 32.0. The molecule has 3 heterocycles. The van der Waals surface area contributed by atoms with E-state index in [0.717, 1.165) is 23.0 Å². The minimum absolute atomic E-state index is 0.152. The molecule has 9 heteroatoms. The molecule has 2 aromatic carbocycles. The average molecular weight is 381 g/mol. The molecule has 1 atom stereocenters. The van der Waals surface area contributed by atoms with Crippen LogP contribution in [0.1, 0.15) is 18.2 Å². The number of fused-ring (bicyclic) bond motifs is 1. The zero-order valence-corrected chi connectivity index (χ0v) is 14.4. The molecule has 7 nitrogen and oxygen atoms in total. The van der Waals surface area contributed by atoms with Crippen molar-refractivity contribution in [2.45, 2.75) is 12.3 Å². The Morgan fingerprint density at radius 2 is 2.00 bits per heavy atom. The largest absolute Gasteiger partial charge is 0.332 e. The molecule has 1 unspecified atom stereocenters. The van der Waals surface area contributed by atoms with Crippen molar-refractivity contribution in [3.05, 3.63) is 59.9 Å². The summed E-state index contributed by atoms with van der Waals surface area (Å²) >= 11 is 0. The van der Waals surface area contributed by atoms with E-state index in [9.17, 15) is 13.6 Å². The summed E-state index contributed by atoms with van der Waals surface area (Å²) in [6.07, 6.45) is 0.152. The lowest BCUT2D eigenvalue weighted by molar-refractivity contribution is -0.117. The number of carbonyl (C=O) groups is 1. The predicted octanol–water partition coefficient (Wildman–Crippen LogP) is 3.41. The van der Waals surface area contributed by atoms with E-state index in [-0.39, 0.29) is 30.7 Å². The van der Waals surface area contributed by atoms with Crippen LogP contribution in [0.4, 0.5) is 14.5 Å². The number of aromatic amines is 1. The van der Waals surface area contributed by atoms with E-state index < -0.39 is 11.6 Å². The first-order chi connectivity index (χ1) is 13.6. The van der Waals surface area contributed by atoms with Crippen LogP contribution in [0.15, 0.2) is 47.0 Å². The molecule has 0 bridgehead atoms. The van der Waals surface area contributed by atoms with Crippen molar-refractivity contribution in [2.75, 3.05) is 11.4 Å². The molecule has 1 fully saturated rings. The predicted molar refractivity (Wildman–Crippen MR) is 95.5 cm³/mol. The molecule has 0 aliphatic carbocycles. The molecule has 0 radical (unpaired) electrons. The van der Waals surface area contributed by atoms with E-state index >= 15 is 0 Å². The topological polar surface area (TPSA) is 87.9 Å². The van der Waals surface area contributed by atoms with Crippen molar-refractivity contribution in [2.24, 2.45) is 0 Å². The maximum absolute atomic E-state index is 13.5. The number of hydrogen-bond donors (Lipinski definition) is 1. The number of aromatic nitrogens is 4. The third-order valence-electron chi connectivity index (χ3n) is 4.82. The summed E-state index contributed by atoms with van der Waals surface area (Å²) in [5, 5.41) is 12.0. The highest BCUT2D eigenvalue weighted by Crippen LogP contribution is 2.32. The number of anilines is 1. The van der Waals surface area contributed by atoms with Gasteiger partial charge in [0.05, 0.1) is 5.52 Å². The van der Waals surface area contributed by atoms with Gasteiger partial charge in [0.25, 0.3) is 5.89 Å². The zero-order chi connectivity index (χ0) is 19.3. The number of nitrogens with zero attached hydrogens (tertiary/aromatic N) is 4. The lowest BCUT2D eigenvalue weighted by atomic mass is 10.1. The molecule has 2 aromatic heterocycles. The van der Waals surface area contributed by atoms with Crippen LogP contribution in [-0.2, 0) is 4.79 Å². The number of halogens is 2. The van der Waals surface area contributed by atoms with E-state index in [1.165, 1.54) is 11.0 Å². The van der Waals surface area contributed by atoms with E-state index in [1.54, 1.807) is 0 Å². The van der Waals surface area contributed by atoms with Gasteiger partial charge in [-0.2, -0.15) is 10.1 Å². The molecule has 1 amide bonds. The van der Waals surface area contributed by atoms with Gasteiger partial charge < -0.3 is 9.42 Å². The molecule has 4 aromatic rings. The molecular formula is C19H13F2N5O2. The number of rotatable bonds is 3. The molecule has 28 heavy (non-hydrogen) atoms. The van der Waals surface area contributed by atoms with E-state index in [4.69, 9.17) is 4.52 Å². The van der Waals surface area contributed by atoms with Crippen molar-refractivity contribution in [3.8, 4) is 11.6 Å². The monoisotopic (exact) mass is 381 g/mol. The number of nitrogens with one attached hydrogen (secondary N) is 1. The van der Waals surface area contributed by atoms with Crippen LogP contribution in [-0.4, -0.2) is 32.8 Å². The normalized spacial score (nSPS) is 17.0. The number of amides is 1. The van der Waals surface area contributed by atoms with E-state index in [0.29, 0.717) is 17.2 Å². The Labute approximate surface area is 157 Å². The highest BCUT2D eigenvalue weighted by Gasteiger charge is 2.35. The second kappa shape index (κ2) is 6.22. The standard InChI is InChI=1S/C19H13F2N5O2/c20-13-6-5-11(8-14(13)21)26-9-10(7-16(26)27)18-22-19(28-25-18)17-12-3-1-2-4-15(12)23-24-17/h1-6,8,10H,7,9H2,(H,23,24). The fraction of sp³-hybridized carbons (Fsp3) is 0.158. The van der Waals surface area contributed by atoms with Crippen LogP contribution in [0, 0.1) is 11.6 Å². The molecule has 1 saturated heterocycles. The number of benzene rings is 2. The van der Waals surface area contributed by atoms with Crippen LogP contribution in [0.2, 0.25) is 0 Å². The second-order valence-electron chi connectivity index (χ2n) is 6.58. The first-order valence-electron chi connectivity index (χ1n) is 8.62. The van der Waals surface area contributed by atoms with Gasteiger partial charge >= 0.3 is 0 Å². The van der Waals surface area contributed by atoms with Crippen LogP contribution in [0.25, 0.3) is 22.5 Å². The molecule has 1 aliphatic rings. The number of hydrogen-bond acceptors (Lipinski definition) is 5. The fourth-order valence-corrected chi connectivity index (χ4v) is 3.41. The van der Waals surface area contributed by atoms with Gasteiger partial charge in [0.2, 0.25) is 5.91 Å². The minimum Gasteiger partial charge on any atom is -0.332 e. The second-order valence-corrected chi connectivity index (χ2v) is 6.58. The third-order valence-corrected chi connectivity index (χ3v) is 4.82. The highest BCUT2D eigenvalue weighted by molar-refractivity contribution is 5.96. The SMILES string of the molecule is O=C1CC(c2noc(-c3n[nH]c4ccccc34)n2)CN1c1ccc(F)c(F)c1. The first-order valence-corrected chi connectivity index (χ1v) is 8.62. The number of carbonyl (C=O) groups excluding carboxylic acids is 1. The molecule has 0 saturated carbocycles. The van der Waals surface area contributed by atoms with Crippen LogP contribution >= 0.6 is 0 Å². The fourth-order valence-electron chi connectivity index (χ4n) is 3.41. The van der Waals surface area contributed by atoms with Gasteiger partial charge in [-0.05, 0) is 18.2 Å². The van der Waals surface area contributed by atoms with Gasteiger partial charge in [-0.15, -0.1) is 0 Å². The maximum atomic E-state index is 13.5. The summed E-state index contributed by atoms with van der Waals surface area (Å²) in [7, 11) is 0. The van der Waals surface area contributed by atoms with Crippen molar-refractivity contribution in [1.82, 2.24) is 20.3 Å². The highest BCUT2D eigenvalue weighted by atomic mass is 19.2. The zero-order valence-electron chi connectivity index (χ0n) is 14.4. The lowest BCUT2D eigenvalue weighted by Crippen LogP contribution is -2.24. The van der Waals surface area contributed by atoms with Crippen LogP contribution < -0.4 is 4.90 Å². The molecule has 0 spiro atoms. The Hall–Kier alpha value is -3.62. The van der Waals surface area contributed by atoms with Gasteiger partial charge in [-0.1, -0.05) is 23.4 Å².